The van der Waals surface area contributed by atoms with Crippen molar-refractivity contribution in [1.82, 2.24) is 14.8 Å². The highest BCUT2D eigenvalue weighted by molar-refractivity contribution is 5.62. The van der Waals surface area contributed by atoms with Gasteiger partial charge in [-0.1, -0.05) is 6.07 Å². The van der Waals surface area contributed by atoms with E-state index < -0.39 is 0 Å². The van der Waals surface area contributed by atoms with Gasteiger partial charge in [-0.2, -0.15) is 9.67 Å². The summed E-state index contributed by atoms with van der Waals surface area (Å²) in [5, 5.41) is 7.67. The molecule has 1 fully saturated rings. The topological polar surface area (TPSA) is 99.7 Å². The average Bonchev–Trinajstić information content (AvgIpc) is 3.35. The van der Waals surface area contributed by atoms with Crippen LogP contribution in [0.4, 0.5) is 23.3 Å². The smallest absolute Gasteiger partial charge is 0.248 e. The molecule has 3 aromatic rings. The number of nitrogens with one attached hydrogen (secondary N) is 1. The van der Waals surface area contributed by atoms with Crippen LogP contribution in [0.1, 0.15) is 0 Å². The Hall–Kier alpha value is -3.46. The minimum Gasteiger partial charge on any atom is -0.454 e. The molecule has 0 amide bonds. The number of anilines is 4. The number of morpholine rings is 1. The molecule has 0 spiro atoms. The highest BCUT2D eigenvalue weighted by Gasteiger charge is 2.21. The second kappa shape index (κ2) is 6.93. The molecule has 9 heteroatoms. The summed E-state index contributed by atoms with van der Waals surface area (Å²) in [7, 11) is 0. The Morgan fingerprint density at radius 2 is 1.82 bits per heavy atom. The number of fused-ring (bicyclic) bond motifs is 1. The van der Waals surface area contributed by atoms with Crippen molar-refractivity contribution in [3.8, 4) is 17.2 Å². The molecule has 2 aliphatic rings. The maximum atomic E-state index is 6.08. The summed E-state index contributed by atoms with van der Waals surface area (Å²) in [4.78, 5) is 6.62. The van der Waals surface area contributed by atoms with E-state index in [2.05, 4.69) is 32.4 Å². The number of hydrogen-bond donors (Lipinski definition) is 2. The van der Waals surface area contributed by atoms with Crippen molar-refractivity contribution in [1.29, 1.82) is 0 Å². The van der Waals surface area contributed by atoms with E-state index in [-0.39, 0.29) is 12.7 Å². The first kappa shape index (κ1) is 16.7. The van der Waals surface area contributed by atoms with E-state index in [4.69, 9.17) is 19.9 Å². The summed E-state index contributed by atoms with van der Waals surface area (Å²) in [6, 6.07) is 13.7. The normalized spacial score (nSPS) is 15.6. The third kappa shape index (κ3) is 3.05. The SMILES string of the molecule is Nc1nc(Nc2ccc(N3CCOCC3)cc2)nn1-c1cccc2c1OCO2. The summed E-state index contributed by atoms with van der Waals surface area (Å²) in [6.45, 7) is 3.52. The van der Waals surface area contributed by atoms with E-state index in [0.29, 0.717) is 23.1 Å². The van der Waals surface area contributed by atoms with Crippen LogP contribution in [-0.2, 0) is 4.74 Å². The second-order valence-corrected chi connectivity index (χ2v) is 6.49. The minimum atomic E-state index is 0.182. The van der Waals surface area contributed by atoms with Gasteiger partial charge in [0.15, 0.2) is 11.5 Å². The summed E-state index contributed by atoms with van der Waals surface area (Å²) in [6.07, 6.45) is 0. The molecule has 28 heavy (non-hydrogen) atoms. The van der Waals surface area contributed by atoms with Crippen molar-refractivity contribution in [2.45, 2.75) is 0 Å². The van der Waals surface area contributed by atoms with Crippen molar-refractivity contribution < 1.29 is 14.2 Å². The largest absolute Gasteiger partial charge is 0.454 e. The fourth-order valence-electron chi connectivity index (χ4n) is 3.34. The van der Waals surface area contributed by atoms with Crippen LogP contribution in [0.3, 0.4) is 0 Å². The number of aromatic nitrogens is 3. The molecule has 5 rings (SSSR count). The molecule has 0 unspecified atom stereocenters. The van der Waals surface area contributed by atoms with Gasteiger partial charge in [0.2, 0.25) is 18.7 Å². The van der Waals surface area contributed by atoms with Gasteiger partial charge in [0.25, 0.3) is 0 Å². The molecule has 0 radical (unpaired) electrons. The molecular weight excluding hydrogens is 360 g/mol. The second-order valence-electron chi connectivity index (χ2n) is 6.49. The van der Waals surface area contributed by atoms with Crippen molar-refractivity contribution in [3.05, 3.63) is 42.5 Å². The van der Waals surface area contributed by atoms with Crippen molar-refractivity contribution >= 4 is 23.3 Å². The van der Waals surface area contributed by atoms with Crippen molar-refractivity contribution in [2.75, 3.05) is 49.0 Å². The summed E-state index contributed by atoms with van der Waals surface area (Å²) in [5.74, 6) is 1.95. The molecule has 1 saturated heterocycles. The third-order valence-electron chi connectivity index (χ3n) is 4.74. The molecule has 0 aliphatic carbocycles. The number of nitrogens with zero attached hydrogens (tertiary/aromatic N) is 4. The number of ether oxygens (including phenoxy) is 3. The Morgan fingerprint density at radius 1 is 1.00 bits per heavy atom. The Bertz CT molecular complexity index is 982. The van der Waals surface area contributed by atoms with Gasteiger partial charge < -0.3 is 30.2 Å². The van der Waals surface area contributed by atoms with Gasteiger partial charge in [-0.3, -0.25) is 0 Å². The van der Waals surface area contributed by atoms with Crippen LogP contribution in [-0.4, -0.2) is 47.9 Å². The van der Waals surface area contributed by atoms with E-state index in [0.717, 1.165) is 32.0 Å². The highest BCUT2D eigenvalue weighted by atomic mass is 16.7. The monoisotopic (exact) mass is 380 g/mol. The van der Waals surface area contributed by atoms with Gasteiger partial charge in [0.1, 0.15) is 5.69 Å². The van der Waals surface area contributed by atoms with Crippen LogP contribution in [0.5, 0.6) is 11.5 Å². The number of rotatable bonds is 4. The maximum Gasteiger partial charge on any atom is 0.248 e. The molecule has 0 bridgehead atoms. The molecule has 0 atom stereocenters. The van der Waals surface area contributed by atoms with Crippen LogP contribution < -0.4 is 25.4 Å². The van der Waals surface area contributed by atoms with E-state index in [1.807, 2.05) is 30.3 Å². The van der Waals surface area contributed by atoms with E-state index in [9.17, 15) is 0 Å². The van der Waals surface area contributed by atoms with Gasteiger partial charge in [0, 0.05) is 24.5 Å². The Morgan fingerprint density at radius 3 is 2.64 bits per heavy atom. The Labute approximate surface area is 161 Å². The summed E-state index contributed by atoms with van der Waals surface area (Å²) >= 11 is 0. The van der Waals surface area contributed by atoms with Crippen LogP contribution in [0.25, 0.3) is 5.69 Å². The Balaban J connectivity index is 1.36. The van der Waals surface area contributed by atoms with Crippen LogP contribution >= 0.6 is 0 Å². The van der Waals surface area contributed by atoms with Crippen molar-refractivity contribution in [3.63, 3.8) is 0 Å². The van der Waals surface area contributed by atoms with Gasteiger partial charge in [-0.25, -0.2) is 0 Å². The number of benzene rings is 2. The number of para-hydroxylation sites is 1. The van der Waals surface area contributed by atoms with E-state index in [1.165, 1.54) is 10.4 Å². The summed E-state index contributed by atoms with van der Waals surface area (Å²) < 4.78 is 17.9. The third-order valence-corrected chi connectivity index (χ3v) is 4.74. The molecular formula is C19H20N6O3. The number of hydrogen-bond acceptors (Lipinski definition) is 8. The molecule has 9 nitrogen and oxygen atoms in total. The molecule has 1 aromatic heterocycles. The standard InChI is InChI=1S/C19H20N6O3/c20-18-22-19(23-25(18)15-2-1-3-16-17(15)28-12-27-16)21-13-4-6-14(7-5-13)24-8-10-26-11-9-24/h1-7H,8-12H2,(H3,20,21,22,23). The maximum absolute atomic E-state index is 6.08. The van der Waals surface area contributed by atoms with Gasteiger partial charge >= 0.3 is 0 Å². The molecule has 144 valence electrons. The number of nitrogens with two attached hydrogens (primary N) is 1. The zero-order valence-electron chi connectivity index (χ0n) is 15.2. The predicted molar refractivity (Wildman–Crippen MR) is 105 cm³/mol. The van der Waals surface area contributed by atoms with Gasteiger partial charge in [-0.05, 0) is 36.4 Å². The van der Waals surface area contributed by atoms with E-state index >= 15 is 0 Å². The summed E-state index contributed by atoms with van der Waals surface area (Å²) in [5.41, 5.74) is 8.82. The highest BCUT2D eigenvalue weighted by Crippen LogP contribution is 2.38. The van der Waals surface area contributed by atoms with Gasteiger partial charge in [0.05, 0.1) is 13.2 Å². The van der Waals surface area contributed by atoms with Crippen LogP contribution in [0.2, 0.25) is 0 Å². The molecule has 3 N–H and O–H groups in total. The lowest BCUT2D eigenvalue weighted by atomic mass is 10.2. The average molecular weight is 380 g/mol. The minimum absolute atomic E-state index is 0.182. The van der Waals surface area contributed by atoms with Crippen LogP contribution in [0, 0.1) is 0 Å². The zero-order chi connectivity index (χ0) is 18.9. The van der Waals surface area contributed by atoms with Crippen molar-refractivity contribution in [2.24, 2.45) is 0 Å². The predicted octanol–water partition coefficient (Wildman–Crippen LogP) is 2.16. The van der Waals surface area contributed by atoms with E-state index in [1.54, 1.807) is 0 Å². The fourth-order valence-corrected chi connectivity index (χ4v) is 3.34. The zero-order valence-corrected chi connectivity index (χ0v) is 15.2. The fraction of sp³-hybridized carbons (Fsp3) is 0.263. The molecule has 2 aliphatic heterocycles. The quantitative estimate of drug-likeness (QED) is 0.710. The first-order valence-corrected chi connectivity index (χ1v) is 9.09. The molecule has 0 saturated carbocycles. The number of nitrogen functional groups attached to an aromatic ring is 1. The van der Waals surface area contributed by atoms with Crippen LogP contribution in [0.15, 0.2) is 42.5 Å². The first-order chi connectivity index (χ1) is 13.8. The lowest BCUT2D eigenvalue weighted by Gasteiger charge is -2.28. The van der Waals surface area contributed by atoms with Gasteiger partial charge in [-0.15, -0.1) is 5.10 Å². The molecule has 2 aromatic carbocycles. The lowest BCUT2D eigenvalue weighted by molar-refractivity contribution is 0.122. The molecule has 3 heterocycles. The lowest BCUT2D eigenvalue weighted by Crippen LogP contribution is -2.36. The Kier molecular flexibility index (Phi) is 4.13. The first-order valence-electron chi connectivity index (χ1n) is 9.09.